The molecule has 2 N–H and O–H groups in total. The topological polar surface area (TPSA) is 84.0 Å². The second-order valence-corrected chi connectivity index (χ2v) is 3.31. The summed E-state index contributed by atoms with van der Waals surface area (Å²) in [6.07, 6.45) is 6.01. The van der Waals surface area contributed by atoms with Crippen molar-refractivity contribution in [1.29, 1.82) is 0 Å². The largest absolute Gasteiger partial charge is 0.289 e. The van der Waals surface area contributed by atoms with E-state index in [-0.39, 0.29) is 17.5 Å². The first-order chi connectivity index (χ1) is 7.27. The van der Waals surface area contributed by atoms with Crippen molar-refractivity contribution in [2.75, 3.05) is 0 Å². The smallest absolute Gasteiger partial charge is 0.273 e. The summed E-state index contributed by atoms with van der Waals surface area (Å²) < 4.78 is 0. The van der Waals surface area contributed by atoms with Crippen LogP contribution in [0, 0.1) is 5.92 Å². The monoisotopic (exact) mass is 206 g/mol. The summed E-state index contributed by atoms with van der Waals surface area (Å²) in [5.41, 5.74) is 4.79. The van der Waals surface area contributed by atoms with Gasteiger partial charge in [-0.15, -0.1) is 0 Å². The summed E-state index contributed by atoms with van der Waals surface area (Å²) in [4.78, 5) is 30.1. The van der Waals surface area contributed by atoms with Crippen LogP contribution in [0.25, 0.3) is 0 Å². The number of carbonyl (C=O) groups is 2. The van der Waals surface area contributed by atoms with E-state index in [0.717, 1.165) is 12.8 Å². The Labute approximate surface area is 86.1 Å². The van der Waals surface area contributed by atoms with Gasteiger partial charge in [0.1, 0.15) is 5.69 Å². The average molecular weight is 206 g/mol. The maximum absolute atomic E-state index is 11.4. The van der Waals surface area contributed by atoms with Gasteiger partial charge in [0.25, 0.3) is 5.91 Å². The zero-order valence-corrected chi connectivity index (χ0v) is 7.93. The molecule has 0 spiro atoms. The van der Waals surface area contributed by atoms with Crippen molar-refractivity contribution in [3.05, 3.63) is 24.3 Å². The number of aromatic nitrogens is 2. The lowest BCUT2D eigenvalue weighted by atomic mass is 10.4. The van der Waals surface area contributed by atoms with E-state index < -0.39 is 5.91 Å². The highest BCUT2D eigenvalue weighted by molar-refractivity contribution is 5.93. The SMILES string of the molecule is O=C(NNC(=O)C1CC1)c1cnccn1. The quantitative estimate of drug-likeness (QED) is 0.648. The molecule has 0 aromatic carbocycles. The molecule has 1 aliphatic carbocycles. The van der Waals surface area contributed by atoms with Crippen LogP contribution in [0.5, 0.6) is 0 Å². The molecule has 15 heavy (non-hydrogen) atoms. The van der Waals surface area contributed by atoms with Gasteiger partial charge < -0.3 is 0 Å². The molecule has 2 rings (SSSR count). The predicted octanol–water partition coefficient (Wildman–Crippen LogP) is -0.352. The van der Waals surface area contributed by atoms with Crippen LogP contribution in [0.15, 0.2) is 18.6 Å². The Kier molecular flexibility index (Phi) is 2.57. The van der Waals surface area contributed by atoms with Crippen molar-refractivity contribution < 1.29 is 9.59 Å². The highest BCUT2D eigenvalue weighted by atomic mass is 16.2. The summed E-state index contributed by atoms with van der Waals surface area (Å²) in [5.74, 6) is -0.545. The van der Waals surface area contributed by atoms with Crippen LogP contribution in [0.3, 0.4) is 0 Å². The average Bonchev–Trinajstić information content (AvgIpc) is 3.10. The first kappa shape index (κ1) is 9.57. The molecule has 1 aromatic rings. The molecule has 1 aliphatic rings. The van der Waals surface area contributed by atoms with E-state index in [1.165, 1.54) is 18.6 Å². The Bertz CT molecular complexity index is 375. The van der Waals surface area contributed by atoms with Crippen molar-refractivity contribution in [3.8, 4) is 0 Å². The number of hydrazine groups is 1. The second-order valence-electron chi connectivity index (χ2n) is 3.31. The van der Waals surface area contributed by atoms with Crippen LogP contribution in [0.2, 0.25) is 0 Å². The van der Waals surface area contributed by atoms with Crippen molar-refractivity contribution >= 4 is 11.8 Å². The lowest BCUT2D eigenvalue weighted by Gasteiger charge is -2.04. The third-order valence-electron chi connectivity index (χ3n) is 2.04. The number of nitrogens with one attached hydrogen (secondary N) is 2. The van der Waals surface area contributed by atoms with E-state index in [2.05, 4.69) is 20.8 Å². The molecule has 1 fully saturated rings. The molecule has 1 heterocycles. The van der Waals surface area contributed by atoms with Gasteiger partial charge in [0.15, 0.2) is 0 Å². The van der Waals surface area contributed by atoms with Gasteiger partial charge in [-0.1, -0.05) is 0 Å². The van der Waals surface area contributed by atoms with Crippen molar-refractivity contribution in [1.82, 2.24) is 20.8 Å². The van der Waals surface area contributed by atoms with Crippen molar-refractivity contribution in [3.63, 3.8) is 0 Å². The molecule has 1 saturated carbocycles. The maximum Gasteiger partial charge on any atom is 0.289 e. The van der Waals surface area contributed by atoms with E-state index in [0.29, 0.717) is 0 Å². The fourth-order valence-electron chi connectivity index (χ4n) is 1.05. The first-order valence-corrected chi connectivity index (χ1v) is 4.63. The fraction of sp³-hybridized carbons (Fsp3) is 0.333. The van der Waals surface area contributed by atoms with E-state index in [4.69, 9.17) is 0 Å². The summed E-state index contributed by atoms with van der Waals surface area (Å²) in [7, 11) is 0. The number of hydrogen-bond acceptors (Lipinski definition) is 4. The molecule has 78 valence electrons. The first-order valence-electron chi connectivity index (χ1n) is 4.63. The minimum Gasteiger partial charge on any atom is -0.273 e. The zero-order chi connectivity index (χ0) is 10.7. The van der Waals surface area contributed by atoms with E-state index in [1.54, 1.807) is 0 Å². The van der Waals surface area contributed by atoms with Gasteiger partial charge >= 0.3 is 0 Å². The number of nitrogens with zero attached hydrogens (tertiary/aromatic N) is 2. The van der Waals surface area contributed by atoms with Gasteiger partial charge in [-0.05, 0) is 12.8 Å². The molecule has 0 aliphatic heterocycles. The standard InChI is InChI=1S/C9H10N4O2/c14-8(6-1-2-6)12-13-9(15)7-5-10-3-4-11-7/h3-6H,1-2H2,(H,12,14)(H,13,15). The third kappa shape index (κ3) is 2.49. The highest BCUT2D eigenvalue weighted by Crippen LogP contribution is 2.28. The van der Waals surface area contributed by atoms with Gasteiger partial charge in [0, 0.05) is 18.3 Å². The second kappa shape index (κ2) is 4.04. The highest BCUT2D eigenvalue weighted by Gasteiger charge is 2.29. The molecule has 0 radical (unpaired) electrons. The van der Waals surface area contributed by atoms with E-state index in [9.17, 15) is 9.59 Å². The lowest BCUT2D eigenvalue weighted by Crippen LogP contribution is -2.42. The Morgan fingerprint density at radius 2 is 2.07 bits per heavy atom. The van der Waals surface area contributed by atoms with Crippen LogP contribution >= 0.6 is 0 Å². The molecule has 1 aromatic heterocycles. The third-order valence-corrected chi connectivity index (χ3v) is 2.04. The zero-order valence-electron chi connectivity index (χ0n) is 7.93. The molecule has 0 bridgehead atoms. The van der Waals surface area contributed by atoms with Crippen LogP contribution in [0.4, 0.5) is 0 Å². The van der Waals surface area contributed by atoms with Crippen molar-refractivity contribution in [2.45, 2.75) is 12.8 Å². The normalized spacial score (nSPS) is 14.4. The summed E-state index contributed by atoms with van der Waals surface area (Å²) in [6, 6.07) is 0. The number of hydrogen-bond donors (Lipinski definition) is 2. The van der Waals surface area contributed by atoms with Crippen LogP contribution in [-0.2, 0) is 4.79 Å². The van der Waals surface area contributed by atoms with Gasteiger partial charge in [-0.2, -0.15) is 0 Å². The van der Waals surface area contributed by atoms with Gasteiger partial charge in [-0.3, -0.25) is 25.4 Å². The summed E-state index contributed by atoms with van der Waals surface area (Å²) in [5, 5.41) is 0. The Morgan fingerprint density at radius 3 is 2.67 bits per heavy atom. The predicted molar refractivity (Wildman–Crippen MR) is 50.4 cm³/mol. The van der Waals surface area contributed by atoms with Crippen LogP contribution in [0.1, 0.15) is 23.3 Å². The lowest BCUT2D eigenvalue weighted by molar-refractivity contribution is -0.123. The molecule has 0 unspecified atom stereocenters. The Balaban J connectivity index is 1.84. The number of amides is 2. The van der Waals surface area contributed by atoms with Crippen LogP contribution < -0.4 is 10.9 Å². The molecular formula is C9H10N4O2. The van der Waals surface area contributed by atoms with E-state index >= 15 is 0 Å². The molecule has 0 atom stereocenters. The van der Waals surface area contributed by atoms with Gasteiger partial charge in [-0.25, -0.2) is 4.98 Å². The van der Waals surface area contributed by atoms with E-state index in [1.807, 2.05) is 0 Å². The van der Waals surface area contributed by atoms with Crippen LogP contribution in [-0.4, -0.2) is 21.8 Å². The summed E-state index contributed by atoms with van der Waals surface area (Å²) >= 11 is 0. The van der Waals surface area contributed by atoms with Gasteiger partial charge in [0.2, 0.25) is 5.91 Å². The molecule has 2 amide bonds. The minimum atomic E-state index is -0.461. The maximum atomic E-state index is 11.4. The minimum absolute atomic E-state index is 0.0622. The van der Waals surface area contributed by atoms with Crippen molar-refractivity contribution in [2.24, 2.45) is 5.92 Å². The molecule has 0 saturated heterocycles. The Hall–Kier alpha value is -1.98. The number of rotatable bonds is 2. The van der Waals surface area contributed by atoms with Gasteiger partial charge in [0.05, 0.1) is 6.20 Å². The molecule has 6 nitrogen and oxygen atoms in total. The number of carbonyl (C=O) groups excluding carboxylic acids is 2. The summed E-state index contributed by atoms with van der Waals surface area (Å²) in [6.45, 7) is 0. The fourth-order valence-corrected chi connectivity index (χ4v) is 1.05. The molecular weight excluding hydrogens is 196 g/mol. The molecule has 6 heteroatoms. The Morgan fingerprint density at radius 1 is 1.27 bits per heavy atom.